The number of rotatable bonds is 5. The fraction of sp³-hybridized carbons (Fsp3) is 0.389. The van der Waals surface area contributed by atoms with Crippen LogP contribution in [0.25, 0.3) is 0 Å². The summed E-state index contributed by atoms with van der Waals surface area (Å²) in [5, 5.41) is 9.04. The number of aromatic carboxylic acids is 1. The highest BCUT2D eigenvalue weighted by Gasteiger charge is 2.23. The van der Waals surface area contributed by atoms with Crippen LogP contribution >= 0.6 is 0 Å². The normalized spacial score (nSPS) is 15.0. The van der Waals surface area contributed by atoms with Crippen molar-refractivity contribution in [2.24, 2.45) is 0 Å². The van der Waals surface area contributed by atoms with E-state index in [1.807, 2.05) is 13.0 Å². The van der Waals surface area contributed by atoms with Crippen molar-refractivity contribution in [3.63, 3.8) is 0 Å². The van der Waals surface area contributed by atoms with Crippen LogP contribution in [0.15, 0.2) is 30.6 Å². The molecule has 0 amide bonds. The number of anilines is 1. The SMILES string of the molecule is COc1ccc(OC2CCN(c3ncc(C(=O)O)cc3C)CC2)cn1. The molecule has 0 atom stereocenters. The Labute approximate surface area is 146 Å². The Morgan fingerprint density at radius 1 is 1.24 bits per heavy atom. The molecule has 1 saturated heterocycles. The third-order valence-corrected chi connectivity index (χ3v) is 4.26. The first-order valence-corrected chi connectivity index (χ1v) is 8.18. The standard InChI is InChI=1S/C18H21N3O4/c1-12-9-13(18(22)23)10-20-17(12)21-7-5-14(6-8-21)25-15-3-4-16(24-2)19-11-15/h3-4,9-11,14H,5-8H2,1-2H3,(H,22,23). The van der Waals surface area contributed by atoms with Crippen molar-refractivity contribution in [3.05, 3.63) is 41.7 Å². The number of carboxylic acid groups (broad SMARTS) is 1. The Morgan fingerprint density at radius 2 is 2.00 bits per heavy atom. The number of aryl methyl sites for hydroxylation is 1. The number of ether oxygens (including phenoxy) is 2. The van der Waals surface area contributed by atoms with Gasteiger partial charge in [0.15, 0.2) is 0 Å². The molecule has 7 heteroatoms. The van der Waals surface area contributed by atoms with E-state index in [-0.39, 0.29) is 11.7 Å². The molecule has 3 rings (SSSR count). The molecule has 7 nitrogen and oxygen atoms in total. The lowest BCUT2D eigenvalue weighted by Gasteiger charge is -2.33. The maximum absolute atomic E-state index is 11.0. The summed E-state index contributed by atoms with van der Waals surface area (Å²) in [5.41, 5.74) is 1.09. The molecular weight excluding hydrogens is 322 g/mol. The van der Waals surface area contributed by atoms with Gasteiger partial charge in [-0.05, 0) is 24.6 Å². The Bertz CT molecular complexity index is 740. The topological polar surface area (TPSA) is 84.8 Å². The molecule has 1 fully saturated rings. The summed E-state index contributed by atoms with van der Waals surface area (Å²) < 4.78 is 11.0. The molecule has 0 spiro atoms. The number of methoxy groups -OCH3 is 1. The van der Waals surface area contributed by atoms with E-state index in [0.29, 0.717) is 5.88 Å². The van der Waals surface area contributed by atoms with Crippen molar-refractivity contribution in [1.82, 2.24) is 9.97 Å². The summed E-state index contributed by atoms with van der Waals surface area (Å²) in [5.74, 6) is 1.19. The number of pyridine rings is 2. The molecule has 0 unspecified atom stereocenters. The minimum absolute atomic E-state index is 0.130. The molecule has 1 aliphatic rings. The van der Waals surface area contributed by atoms with Crippen LogP contribution < -0.4 is 14.4 Å². The van der Waals surface area contributed by atoms with Gasteiger partial charge in [0, 0.05) is 38.2 Å². The molecular formula is C18H21N3O4. The number of piperidine rings is 1. The van der Waals surface area contributed by atoms with E-state index in [9.17, 15) is 4.79 Å². The summed E-state index contributed by atoms with van der Waals surface area (Å²) in [6.45, 7) is 3.52. The third kappa shape index (κ3) is 3.99. The average Bonchev–Trinajstić information content (AvgIpc) is 2.63. The zero-order chi connectivity index (χ0) is 17.8. The van der Waals surface area contributed by atoms with Crippen LogP contribution in [0.4, 0.5) is 5.82 Å². The van der Waals surface area contributed by atoms with Gasteiger partial charge in [0.25, 0.3) is 0 Å². The molecule has 25 heavy (non-hydrogen) atoms. The Hall–Kier alpha value is -2.83. The molecule has 0 aliphatic carbocycles. The van der Waals surface area contributed by atoms with Gasteiger partial charge in [0.2, 0.25) is 5.88 Å². The number of hydrogen-bond acceptors (Lipinski definition) is 6. The average molecular weight is 343 g/mol. The van der Waals surface area contributed by atoms with Crippen molar-refractivity contribution < 1.29 is 19.4 Å². The van der Waals surface area contributed by atoms with E-state index in [0.717, 1.165) is 43.1 Å². The van der Waals surface area contributed by atoms with Crippen LogP contribution in [0, 0.1) is 6.92 Å². The highest BCUT2D eigenvalue weighted by Crippen LogP contribution is 2.25. The summed E-state index contributed by atoms with van der Waals surface area (Å²) in [7, 11) is 1.58. The fourth-order valence-electron chi connectivity index (χ4n) is 2.95. The van der Waals surface area contributed by atoms with Crippen molar-refractivity contribution in [2.75, 3.05) is 25.1 Å². The maximum Gasteiger partial charge on any atom is 0.337 e. The van der Waals surface area contributed by atoms with E-state index >= 15 is 0 Å². The van der Waals surface area contributed by atoms with Crippen LogP contribution in [0.3, 0.4) is 0 Å². The quantitative estimate of drug-likeness (QED) is 0.893. The molecule has 1 N–H and O–H groups in total. The van der Waals surface area contributed by atoms with E-state index < -0.39 is 5.97 Å². The van der Waals surface area contributed by atoms with Crippen molar-refractivity contribution in [3.8, 4) is 11.6 Å². The molecule has 1 aliphatic heterocycles. The lowest BCUT2D eigenvalue weighted by Crippen LogP contribution is -2.39. The molecule has 0 aromatic carbocycles. The van der Waals surface area contributed by atoms with E-state index in [1.54, 1.807) is 25.4 Å². The monoisotopic (exact) mass is 343 g/mol. The van der Waals surface area contributed by atoms with Crippen molar-refractivity contribution >= 4 is 11.8 Å². The van der Waals surface area contributed by atoms with Gasteiger partial charge in [-0.15, -0.1) is 0 Å². The minimum atomic E-state index is -0.956. The molecule has 132 valence electrons. The van der Waals surface area contributed by atoms with Gasteiger partial charge < -0.3 is 19.5 Å². The molecule has 0 saturated carbocycles. The molecule has 0 radical (unpaired) electrons. The molecule has 0 bridgehead atoms. The zero-order valence-electron chi connectivity index (χ0n) is 14.3. The van der Waals surface area contributed by atoms with Crippen LogP contribution in [0.2, 0.25) is 0 Å². The first kappa shape index (κ1) is 17.0. The van der Waals surface area contributed by atoms with Crippen LogP contribution in [0.5, 0.6) is 11.6 Å². The van der Waals surface area contributed by atoms with Gasteiger partial charge in [0.05, 0.1) is 18.9 Å². The predicted molar refractivity (Wildman–Crippen MR) is 92.6 cm³/mol. The second kappa shape index (κ2) is 7.38. The smallest absolute Gasteiger partial charge is 0.337 e. The lowest BCUT2D eigenvalue weighted by atomic mass is 10.1. The Kier molecular flexibility index (Phi) is 5.02. The van der Waals surface area contributed by atoms with Gasteiger partial charge in [-0.1, -0.05) is 0 Å². The number of carbonyl (C=O) groups is 1. The van der Waals surface area contributed by atoms with E-state index in [1.165, 1.54) is 6.20 Å². The molecule has 2 aromatic rings. The predicted octanol–water partition coefficient (Wildman–Crippen LogP) is 2.54. The Morgan fingerprint density at radius 3 is 2.56 bits per heavy atom. The summed E-state index contributed by atoms with van der Waals surface area (Å²) in [6, 6.07) is 5.30. The second-order valence-electron chi connectivity index (χ2n) is 6.01. The van der Waals surface area contributed by atoms with Gasteiger partial charge in [0.1, 0.15) is 17.7 Å². The number of carboxylic acids is 1. The zero-order valence-corrected chi connectivity index (χ0v) is 14.3. The molecule has 2 aromatic heterocycles. The van der Waals surface area contributed by atoms with Gasteiger partial charge in [-0.3, -0.25) is 0 Å². The lowest BCUT2D eigenvalue weighted by molar-refractivity contribution is 0.0696. The third-order valence-electron chi connectivity index (χ3n) is 4.26. The maximum atomic E-state index is 11.0. The van der Waals surface area contributed by atoms with Crippen LogP contribution in [-0.2, 0) is 0 Å². The summed E-state index contributed by atoms with van der Waals surface area (Å²) in [4.78, 5) is 21.7. The van der Waals surface area contributed by atoms with Crippen molar-refractivity contribution in [1.29, 1.82) is 0 Å². The largest absolute Gasteiger partial charge is 0.489 e. The van der Waals surface area contributed by atoms with E-state index in [4.69, 9.17) is 14.6 Å². The van der Waals surface area contributed by atoms with Crippen LogP contribution in [-0.4, -0.2) is 47.3 Å². The van der Waals surface area contributed by atoms with E-state index in [2.05, 4.69) is 14.9 Å². The van der Waals surface area contributed by atoms with Gasteiger partial charge in [-0.2, -0.15) is 0 Å². The first-order chi connectivity index (χ1) is 12.1. The van der Waals surface area contributed by atoms with Crippen LogP contribution in [0.1, 0.15) is 28.8 Å². The number of hydrogen-bond donors (Lipinski definition) is 1. The fourth-order valence-corrected chi connectivity index (χ4v) is 2.95. The highest BCUT2D eigenvalue weighted by molar-refractivity contribution is 5.87. The second-order valence-corrected chi connectivity index (χ2v) is 6.01. The summed E-state index contributed by atoms with van der Waals surface area (Å²) in [6.07, 6.45) is 4.95. The summed E-state index contributed by atoms with van der Waals surface area (Å²) >= 11 is 0. The van der Waals surface area contributed by atoms with Crippen molar-refractivity contribution in [2.45, 2.75) is 25.9 Å². The first-order valence-electron chi connectivity index (χ1n) is 8.18. The van der Waals surface area contributed by atoms with Gasteiger partial charge >= 0.3 is 5.97 Å². The highest BCUT2D eigenvalue weighted by atomic mass is 16.5. The van der Waals surface area contributed by atoms with Gasteiger partial charge in [-0.25, -0.2) is 14.8 Å². The number of nitrogens with zero attached hydrogens (tertiary/aromatic N) is 3. The molecule has 3 heterocycles. The Balaban J connectivity index is 1.58. The minimum Gasteiger partial charge on any atom is -0.489 e. The number of aromatic nitrogens is 2.